The summed E-state index contributed by atoms with van der Waals surface area (Å²) in [6.45, 7) is 8.47. The Hall–Kier alpha value is -1.20. The molecule has 0 aromatic carbocycles. The second kappa shape index (κ2) is 4.72. The fourth-order valence-electron chi connectivity index (χ4n) is 2.70. The highest BCUT2D eigenvalue weighted by Crippen LogP contribution is 2.35. The summed E-state index contributed by atoms with van der Waals surface area (Å²) in [6, 6.07) is 0.235. The van der Waals surface area contributed by atoms with Gasteiger partial charge in [-0.15, -0.1) is 11.3 Å². The van der Waals surface area contributed by atoms with Crippen molar-refractivity contribution in [2.45, 2.75) is 33.2 Å². The van der Waals surface area contributed by atoms with E-state index in [1.165, 1.54) is 15.8 Å². The van der Waals surface area contributed by atoms with Crippen LogP contribution in [-0.4, -0.2) is 29.1 Å². The molecule has 2 aromatic rings. The van der Waals surface area contributed by atoms with E-state index >= 15 is 0 Å². The third kappa shape index (κ3) is 2.11. The number of aryl methyl sites for hydroxylation is 2. The molecule has 2 N–H and O–H groups in total. The summed E-state index contributed by atoms with van der Waals surface area (Å²) in [5.41, 5.74) is 7.52. The number of thiophene rings is 1. The van der Waals surface area contributed by atoms with Gasteiger partial charge in [-0.1, -0.05) is 6.92 Å². The standard InChI is InChI=1S/C14H20N4S/c1-8-4-5-18(6-11(8)15)13-12-9(2)10(3)19-14(12)17-7-16-13/h7-8,11H,4-6,15H2,1-3H3. The number of nitrogens with two attached hydrogens (primary N) is 1. The summed E-state index contributed by atoms with van der Waals surface area (Å²) in [4.78, 5) is 13.7. The fraction of sp³-hybridized carbons (Fsp3) is 0.571. The van der Waals surface area contributed by atoms with E-state index in [9.17, 15) is 0 Å². The van der Waals surface area contributed by atoms with Crippen LogP contribution in [-0.2, 0) is 0 Å². The largest absolute Gasteiger partial charge is 0.354 e. The Balaban J connectivity index is 2.05. The molecule has 102 valence electrons. The summed E-state index contributed by atoms with van der Waals surface area (Å²) in [5, 5.41) is 1.21. The van der Waals surface area contributed by atoms with Crippen molar-refractivity contribution >= 4 is 27.4 Å². The molecule has 1 aliphatic rings. The lowest BCUT2D eigenvalue weighted by Crippen LogP contribution is -2.48. The normalized spacial score (nSPS) is 24.1. The smallest absolute Gasteiger partial charge is 0.141 e. The minimum atomic E-state index is 0.235. The predicted molar refractivity (Wildman–Crippen MR) is 80.9 cm³/mol. The SMILES string of the molecule is Cc1sc2ncnc(N3CCC(C)C(N)C3)c2c1C. The van der Waals surface area contributed by atoms with E-state index in [-0.39, 0.29) is 6.04 Å². The molecule has 0 spiro atoms. The number of nitrogens with zero attached hydrogens (tertiary/aromatic N) is 3. The monoisotopic (exact) mass is 276 g/mol. The number of fused-ring (bicyclic) bond motifs is 1. The first-order chi connectivity index (χ1) is 9.08. The van der Waals surface area contributed by atoms with Crippen LogP contribution in [0, 0.1) is 19.8 Å². The van der Waals surface area contributed by atoms with E-state index in [1.807, 2.05) is 0 Å². The molecule has 1 fully saturated rings. The van der Waals surface area contributed by atoms with Gasteiger partial charge >= 0.3 is 0 Å². The van der Waals surface area contributed by atoms with E-state index in [0.29, 0.717) is 5.92 Å². The van der Waals surface area contributed by atoms with Crippen molar-refractivity contribution in [3.63, 3.8) is 0 Å². The fourth-order valence-corrected chi connectivity index (χ4v) is 3.69. The highest BCUT2D eigenvalue weighted by atomic mass is 32.1. The van der Waals surface area contributed by atoms with E-state index in [4.69, 9.17) is 5.73 Å². The predicted octanol–water partition coefficient (Wildman–Crippen LogP) is 2.48. The molecule has 0 radical (unpaired) electrons. The third-order valence-corrected chi connectivity index (χ3v) is 5.38. The summed E-state index contributed by atoms with van der Waals surface area (Å²) >= 11 is 1.75. The van der Waals surface area contributed by atoms with Crippen LogP contribution in [0.25, 0.3) is 10.2 Å². The van der Waals surface area contributed by atoms with Crippen LogP contribution in [0.15, 0.2) is 6.33 Å². The molecule has 4 nitrogen and oxygen atoms in total. The van der Waals surface area contributed by atoms with Crippen molar-refractivity contribution in [1.29, 1.82) is 0 Å². The first-order valence-electron chi connectivity index (χ1n) is 6.79. The molecule has 2 atom stereocenters. The summed E-state index contributed by atoms with van der Waals surface area (Å²) in [6.07, 6.45) is 2.81. The summed E-state index contributed by atoms with van der Waals surface area (Å²) in [5.74, 6) is 1.66. The molecule has 2 aromatic heterocycles. The van der Waals surface area contributed by atoms with Gasteiger partial charge in [0.15, 0.2) is 0 Å². The lowest BCUT2D eigenvalue weighted by Gasteiger charge is -2.36. The molecule has 0 bridgehead atoms. The maximum absolute atomic E-state index is 6.21. The molecule has 3 heterocycles. The zero-order chi connectivity index (χ0) is 13.6. The lowest BCUT2D eigenvalue weighted by molar-refractivity contribution is 0.378. The second-order valence-electron chi connectivity index (χ2n) is 5.54. The average Bonchev–Trinajstić information content (AvgIpc) is 2.69. The number of aromatic nitrogens is 2. The van der Waals surface area contributed by atoms with Crippen molar-refractivity contribution in [3.8, 4) is 0 Å². The third-order valence-electron chi connectivity index (χ3n) is 4.26. The number of hydrogen-bond donors (Lipinski definition) is 1. The molecule has 5 heteroatoms. The van der Waals surface area contributed by atoms with Gasteiger partial charge in [0.2, 0.25) is 0 Å². The zero-order valence-electron chi connectivity index (χ0n) is 11.7. The van der Waals surface area contributed by atoms with Gasteiger partial charge in [0.25, 0.3) is 0 Å². The maximum atomic E-state index is 6.21. The van der Waals surface area contributed by atoms with Crippen LogP contribution in [0.1, 0.15) is 23.8 Å². The number of rotatable bonds is 1. The van der Waals surface area contributed by atoms with E-state index in [0.717, 1.165) is 30.2 Å². The van der Waals surface area contributed by atoms with Crippen molar-refractivity contribution < 1.29 is 0 Å². The molecular formula is C14H20N4S. The van der Waals surface area contributed by atoms with Gasteiger partial charge in [-0.2, -0.15) is 0 Å². The van der Waals surface area contributed by atoms with Gasteiger partial charge in [-0.05, 0) is 31.7 Å². The highest BCUT2D eigenvalue weighted by Gasteiger charge is 2.26. The molecule has 0 saturated carbocycles. The Bertz CT molecular complexity index is 607. The van der Waals surface area contributed by atoms with Gasteiger partial charge < -0.3 is 10.6 Å². The van der Waals surface area contributed by atoms with Gasteiger partial charge in [0.1, 0.15) is 17.0 Å². The molecule has 1 aliphatic heterocycles. The van der Waals surface area contributed by atoms with Crippen LogP contribution in [0.5, 0.6) is 0 Å². The quantitative estimate of drug-likeness (QED) is 0.869. The Morgan fingerprint density at radius 1 is 1.37 bits per heavy atom. The van der Waals surface area contributed by atoms with Crippen LogP contribution >= 0.6 is 11.3 Å². The van der Waals surface area contributed by atoms with Crippen LogP contribution in [0.4, 0.5) is 5.82 Å². The second-order valence-corrected chi connectivity index (χ2v) is 6.74. The van der Waals surface area contributed by atoms with Gasteiger partial charge in [-0.25, -0.2) is 9.97 Å². The molecule has 1 saturated heterocycles. The van der Waals surface area contributed by atoms with Crippen molar-refractivity contribution in [2.75, 3.05) is 18.0 Å². The van der Waals surface area contributed by atoms with Gasteiger partial charge in [-0.3, -0.25) is 0 Å². The minimum absolute atomic E-state index is 0.235. The highest BCUT2D eigenvalue weighted by molar-refractivity contribution is 7.18. The Kier molecular flexibility index (Phi) is 3.19. The van der Waals surface area contributed by atoms with Crippen LogP contribution in [0.2, 0.25) is 0 Å². The Labute approximate surface area is 117 Å². The lowest BCUT2D eigenvalue weighted by atomic mass is 9.94. The number of anilines is 1. The van der Waals surface area contributed by atoms with E-state index in [1.54, 1.807) is 17.7 Å². The Morgan fingerprint density at radius 2 is 2.16 bits per heavy atom. The molecular weight excluding hydrogens is 256 g/mol. The Morgan fingerprint density at radius 3 is 2.89 bits per heavy atom. The van der Waals surface area contributed by atoms with E-state index < -0.39 is 0 Å². The van der Waals surface area contributed by atoms with Gasteiger partial charge in [0, 0.05) is 24.0 Å². The minimum Gasteiger partial charge on any atom is -0.354 e. The number of piperidine rings is 1. The first-order valence-corrected chi connectivity index (χ1v) is 7.60. The van der Waals surface area contributed by atoms with Crippen molar-refractivity contribution in [2.24, 2.45) is 11.7 Å². The molecule has 0 aliphatic carbocycles. The molecule has 0 amide bonds. The van der Waals surface area contributed by atoms with E-state index in [2.05, 4.69) is 35.6 Å². The number of hydrogen-bond acceptors (Lipinski definition) is 5. The van der Waals surface area contributed by atoms with Gasteiger partial charge in [0.05, 0.1) is 5.39 Å². The molecule has 2 unspecified atom stereocenters. The topological polar surface area (TPSA) is 55.0 Å². The first kappa shape index (κ1) is 12.8. The summed E-state index contributed by atoms with van der Waals surface area (Å²) in [7, 11) is 0. The molecule has 19 heavy (non-hydrogen) atoms. The molecule has 3 rings (SSSR count). The van der Waals surface area contributed by atoms with Crippen molar-refractivity contribution in [3.05, 3.63) is 16.8 Å². The zero-order valence-corrected chi connectivity index (χ0v) is 12.5. The average molecular weight is 276 g/mol. The van der Waals surface area contributed by atoms with Crippen molar-refractivity contribution in [1.82, 2.24) is 9.97 Å². The van der Waals surface area contributed by atoms with Crippen LogP contribution < -0.4 is 10.6 Å². The van der Waals surface area contributed by atoms with Crippen LogP contribution in [0.3, 0.4) is 0 Å². The summed E-state index contributed by atoms with van der Waals surface area (Å²) < 4.78 is 0. The maximum Gasteiger partial charge on any atom is 0.141 e.